The Hall–Kier alpha value is -2.50. The van der Waals surface area contributed by atoms with E-state index < -0.39 is 0 Å². The van der Waals surface area contributed by atoms with Gasteiger partial charge >= 0.3 is 0 Å². The minimum Gasteiger partial charge on any atom is -0.491 e. The summed E-state index contributed by atoms with van der Waals surface area (Å²) in [6.07, 6.45) is 0. The van der Waals surface area contributed by atoms with E-state index in [2.05, 4.69) is 47.4 Å². The molecule has 6 nitrogen and oxygen atoms in total. The number of guanidine groups is 1. The Labute approximate surface area is 156 Å². The number of aliphatic imine (C=N–C) groups is 1. The van der Waals surface area contributed by atoms with Gasteiger partial charge in [0, 0.05) is 7.05 Å². The molecule has 0 spiro atoms. The van der Waals surface area contributed by atoms with Gasteiger partial charge in [-0.05, 0) is 30.9 Å². The maximum absolute atomic E-state index is 5.96. The molecule has 0 saturated carbocycles. The summed E-state index contributed by atoms with van der Waals surface area (Å²) in [4.78, 5) is 8.55. The summed E-state index contributed by atoms with van der Waals surface area (Å²) in [5, 5.41) is 6.42. The zero-order valence-electron chi connectivity index (χ0n) is 16.6. The van der Waals surface area contributed by atoms with Gasteiger partial charge in [-0.3, -0.25) is 4.99 Å². The van der Waals surface area contributed by atoms with Crippen molar-refractivity contribution in [3.8, 4) is 5.75 Å². The SMILES string of the molecule is CN=C(NCCOc1ccccc1C(C)(C)C)NCc1nc(C)c(C)o1. The van der Waals surface area contributed by atoms with Crippen molar-refractivity contribution in [3.63, 3.8) is 0 Å². The van der Waals surface area contributed by atoms with E-state index in [-0.39, 0.29) is 5.41 Å². The van der Waals surface area contributed by atoms with Crippen molar-refractivity contribution >= 4 is 5.96 Å². The van der Waals surface area contributed by atoms with Crippen LogP contribution in [0, 0.1) is 13.8 Å². The summed E-state index contributed by atoms with van der Waals surface area (Å²) < 4.78 is 11.5. The first-order chi connectivity index (χ1) is 12.3. The number of benzene rings is 1. The number of ether oxygens (including phenoxy) is 1. The molecular weight excluding hydrogens is 328 g/mol. The van der Waals surface area contributed by atoms with E-state index in [0.29, 0.717) is 31.5 Å². The van der Waals surface area contributed by atoms with E-state index >= 15 is 0 Å². The molecule has 2 rings (SSSR count). The summed E-state index contributed by atoms with van der Waals surface area (Å²) in [5.74, 6) is 3.11. The second-order valence-electron chi connectivity index (χ2n) is 7.20. The highest BCUT2D eigenvalue weighted by Gasteiger charge is 2.18. The number of hydrogen-bond donors (Lipinski definition) is 2. The van der Waals surface area contributed by atoms with Crippen LogP contribution in [0.15, 0.2) is 33.7 Å². The van der Waals surface area contributed by atoms with Crippen molar-refractivity contribution in [1.29, 1.82) is 0 Å². The lowest BCUT2D eigenvalue weighted by molar-refractivity contribution is 0.313. The van der Waals surface area contributed by atoms with Crippen LogP contribution < -0.4 is 15.4 Å². The maximum Gasteiger partial charge on any atom is 0.214 e. The molecule has 1 heterocycles. The van der Waals surface area contributed by atoms with E-state index in [0.717, 1.165) is 17.2 Å². The lowest BCUT2D eigenvalue weighted by atomic mass is 9.86. The smallest absolute Gasteiger partial charge is 0.214 e. The molecule has 0 aliphatic rings. The molecule has 1 aromatic heterocycles. The lowest BCUT2D eigenvalue weighted by Crippen LogP contribution is -2.39. The number of hydrogen-bond acceptors (Lipinski definition) is 4. The summed E-state index contributed by atoms with van der Waals surface area (Å²) in [6.45, 7) is 12.1. The van der Waals surface area contributed by atoms with Crippen LogP contribution in [0.25, 0.3) is 0 Å². The van der Waals surface area contributed by atoms with Crippen molar-refractivity contribution in [2.75, 3.05) is 20.2 Å². The van der Waals surface area contributed by atoms with Crippen molar-refractivity contribution in [3.05, 3.63) is 47.2 Å². The fourth-order valence-corrected chi connectivity index (χ4v) is 2.54. The van der Waals surface area contributed by atoms with Crippen molar-refractivity contribution < 1.29 is 9.15 Å². The largest absolute Gasteiger partial charge is 0.491 e. The molecule has 0 aliphatic carbocycles. The third kappa shape index (κ3) is 5.51. The molecule has 6 heteroatoms. The number of oxazole rings is 1. The Kier molecular flexibility index (Phi) is 6.66. The van der Waals surface area contributed by atoms with E-state index in [1.54, 1.807) is 7.05 Å². The molecule has 0 amide bonds. The number of aromatic nitrogens is 1. The van der Waals surface area contributed by atoms with Crippen LogP contribution in [-0.4, -0.2) is 31.1 Å². The van der Waals surface area contributed by atoms with E-state index in [9.17, 15) is 0 Å². The highest BCUT2D eigenvalue weighted by molar-refractivity contribution is 5.79. The predicted octanol–water partition coefficient (Wildman–Crippen LogP) is 3.33. The zero-order valence-corrected chi connectivity index (χ0v) is 16.6. The van der Waals surface area contributed by atoms with Crippen molar-refractivity contribution in [1.82, 2.24) is 15.6 Å². The molecule has 2 N–H and O–H groups in total. The molecule has 1 aromatic carbocycles. The summed E-state index contributed by atoms with van der Waals surface area (Å²) >= 11 is 0. The fraction of sp³-hybridized carbons (Fsp3) is 0.500. The first-order valence-electron chi connectivity index (χ1n) is 8.91. The monoisotopic (exact) mass is 358 g/mol. The van der Waals surface area contributed by atoms with Gasteiger partial charge in [-0.15, -0.1) is 0 Å². The Balaban J connectivity index is 1.80. The molecule has 2 aromatic rings. The number of nitrogens with one attached hydrogen (secondary N) is 2. The molecular formula is C20H30N4O2. The van der Waals surface area contributed by atoms with Gasteiger partial charge in [-0.25, -0.2) is 4.98 Å². The number of aryl methyl sites for hydroxylation is 2. The summed E-state index contributed by atoms with van der Waals surface area (Å²) in [7, 11) is 1.73. The third-order valence-corrected chi connectivity index (χ3v) is 4.05. The van der Waals surface area contributed by atoms with Crippen LogP contribution in [-0.2, 0) is 12.0 Å². The predicted molar refractivity (Wildman–Crippen MR) is 105 cm³/mol. The van der Waals surface area contributed by atoms with E-state index in [1.165, 1.54) is 5.56 Å². The molecule has 0 unspecified atom stereocenters. The topological polar surface area (TPSA) is 71.7 Å². The van der Waals surface area contributed by atoms with E-state index in [4.69, 9.17) is 9.15 Å². The van der Waals surface area contributed by atoms with Crippen molar-refractivity contribution in [2.24, 2.45) is 4.99 Å². The number of para-hydroxylation sites is 1. The molecule has 0 fully saturated rings. The summed E-state index contributed by atoms with van der Waals surface area (Å²) in [5.41, 5.74) is 2.17. The normalized spacial score (nSPS) is 12.2. The van der Waals surface area contributed by atoms with Gasteiger partial charge in [0.1, 0.15) is 18.1 Å². The van der Waals surface area contributed by atoms with Gasteiger partial charge in [-0.1, -0.05) is 39.0 Å². The lowest BCUT2D eigenvalue weighted by Gasteiger charge is -2.22. The molecule has 0 atom stereocenters. The third-order valence-electron chi connectivity index (χ3n) is 4.05. The second-order valence-corrected chi connectivity index (χ2v) is 7.20. The minimum absolute atomic E-state index is 0.0495. The average Bonchev–Trinajstić information content (AvgIpc) is 2.91. The quantitative estimate of drug-likeness (QED) is 0.471. The molecule has 0 bridgehead atoms. The van der Waals surface area contributed by atoms with Crippen LogP contribution in [0.5, 0.6) is 5.75 Å². The van der Waals surface area contributed by atoms with Crippen molar-refractivity contribution in [2.45, 2.75) is 46.6 Å². The Bertz CT molecular complexity index is 725. The van der Waals surface area contributed by atoms with E-state index in [1.807, 2.05) is 32.0 Å². The number of rotatable bonds is 6. The van der Waals surface area contributed by atoms with Crippen LogP contribution in [0.4, 0.5) is 0 Å². The highest BCUT2D eigenvalue weighted by Crippen LogP contribution is 2.30. The molecule has 0 aliphatic heterocycles. The molecule has 26 heavy (non-hydrogen) atoms. The molecule has 0 radical (unpaired) electrons. The van der Waals surface area contributed by atoms with Crippen LogP contribution in [0.3, 0.4) is 0 Å². The maximum atomic E-state index is 5.96. The average molecular weight is 358 g/mol. The molecule has 0 saturated heterocycles. The Morgan fingerprint density at radius 3 is 2.54 bits per heavy atom. The van der Waals surface area contributed by atoms with Gasteiger partial charge in [0.2, 0.25) is 5.89 Å². The Morgan fingerprint density at radius 1 is 1.19 bits per heavy atom. The van der Waals surface area contributed by atoms with Gasteiger partial charge in [-0.2, -0.15) is 0 Å². The van der Waals surface area contributed by atoms with Crippen LogP contribution in [0.2, 0.25) is 0 Å². The van der Waals surface area contributed by atoms with Gasteiger partial charge in [0.05, 0.1) is 18.8 Å². The first-order valence-corrected chi connectivity index (χ1v) is 8.91. The highest BCUT2D eigenvalue weighted by atomic mass is 16.5. The number of nitrogens with zero attached hydrogens (tertiary/aromatic N) is 2. The Morgan fingerprint density at radius 2 is 1.92 bits per heavy atom. The van der Waals surface area contributed by atoms with Gasteiger partial charge in [0.25, 0.3) is 0 Å². The first kappa shape index (κ1) is 19.8. The second kappa shape index (κ2) is 8.74. The standard InChI is InChI=1S/C20H30N4O2/c1-14-15(2)26-18(24-14)13-23-19(21-6)22-11-12-25-17-10-8-7-9-16(17)20(3,4)5/h7-10H,11-13H2,1-6H3,(H2,21,22,23). The zero-order chi connectivity index (χ0) is 19.2. The summed E-state index contributed by atoms with van der Waals surface area (Å²) in [6, 6.07) is 8.17. The van der Waals surface area contributed by atoms with Gasteiger partial charge in [0.15, 0.2) is 5.96 Å². The van der Waals surface area contributed by atoms with Crippen LogP contribution in [0.1, 0.15) is 43.7 Å². The van der Waals surface area contributed by atoms with Crippen LogP contribution >= 0.6 is 0 Å². The fourth-order valence-electron chi connectivity index (χ4n) is 2.54. The van der Waals surface area contributed by atoms with Gasteiger partial charge < -0.3 is 19.8 Å². The molecule has 142 valence electrons. The minimum atomic E-state index is 0.0495.